The van der Waals surface area contributed by atoms with E-state index in [-0.39, 0.29) is 18.2 Å². The number of para-hydroxylation sites is 1. The molecule has 0 saturated carbocycles. The summed E-state index contributed by atoms with van der Waals surface area (Å²) in [5, 5.41) is 12.7. The van der Waals surface area contributed by atoms with Crippen molar-refractivity contribution in [1.29, 1.82) is 0 Å². The molecule has 3 aromatic carbocycles. The van der Waals surface area contributed by atoms with Crippen LogP contribution in [0.15, 0.2) is 72.8 Å². The second kappa shape index (κ2) is 10.2. The zero-order chi connectivity index (χ0) is 25.2. The van der Waals surface area contributed by atoms with Gasteiger partial charge in [-0.3, -0.25) is 14.5 Å². The fourth-order valence-corrected chi connectivity index (χ4v) is 5.54. The second-order valence-electron chi connectivity index (χ2n) is 9.44. The minimum atomic E-state index is -1.04. The molecule has 2 N–H and O–H groups in total. The molecule has 6 nitrogen and oxygen atoms in total. The number of aryl methyl sites for hydroxylation is 1. The molecule has 3 aromatic rings. The molecular weight excluding hydrogens is 472 g/mol. The molecular formula is C29H28N2O4S. The van der Waals surface area contributed by atoms with Crippen LogP contribution in [0.25, 0.3) is 11.1 Å². The molecule has 2 aliphatic heterocycles. The molecule has 0 aromatic heterocycles. The highest BCUT2D eigenvalue weighted by atomic mass is 32.1. The number of hydrogen-bond donors (Lipinski definition) is 3. The maximum atomic E-state index is 13.5. The molecule has 7 heteroatoms. The molecule has 0 spiro atoms. The SMILES string of the molecule is O=C(N[C@H]1CCc2cccc3c2N(C1=O)[C@H](C(=O)O)C3)C(CS)Cc1ccc(-c2ccccc2)cc1. The summed E-state index contributed by atoms with van der Waals surface area (Å²) in [4.78, 5) is 40.1. The standard InChI is InChI=1S/C29H28N2O4S/c32-27(23(17-36)15-18-9-11-20(12-10-18)19-5-2-1-3-6-19)30-24-14-13-21-7-4-8-22-16-25(29(34)35)31(26(21)22)28(24)33/h1-12,23-25,36H,13-17H2,(H,30,32)(H,34,35)/t23?,24-,25-/m0/s1. The Morgan fingerprint density at radius 1 is 0.972 bits per heavy atom. The Labute approximate surface area is 215 Å². The minimum absolute atomic E-state index is 0.243. The van der Waals surface area contributed by atoms with E-state index in [1.54, 1.807) is 0 Å². The average molecular weight is 501 g/mol. The Morgan fingerprint density at radius 2 is 1.67 bits per heavy atom. The number of carbonyl (C=O) groups is 3. The Balaban J connectivity index is 1.30. The van der Waals surface area contributed by atoms with Crippen LogP contribution < -0.4 is 10.2 Å². The number of nitrogens with zero attached hydrogens (tertiary/aromatic N) is 1. The van der Waals surface area contributed by atoms with Crippen molar-refractivity contribution in [1.82, 2.24) is 5.32 Å². The quantitative estimate of drug-likeness (QED) is 0.430. The van der Waals surface area contributed by atoms with E-state index in [9.17, 15) is 19.5 Å². The van der Waals surface area contributed by atoms with Crippen LogP contribution >= 0.6 is 12.6 Å². The summed E-state index contributed by atoms with van der Waals surface area (Å²) >= 11 is 4.42. The second-order valence-corrected chi connectivity index (χ2v) is 9.80. The monoisotopic (exact) mass is 500 g/mol. The zero-order valence-electron chi connectivity index (χ0n) is 19.8. The first-order valence-electron chi connectivity index (χ1n) is 12.2. The smallest absolute Gasteiger partial charge is 0.327 e. The molecule has 0 aliphatic carbocycles. The predicted molar refractivity (Wildman–Crippen MR) is 142 cm³/mol. The van der Waals surface area contributed by atoms with E-state index < -0.39 is 24.0 Å². The number of nitrogens with one attached hydrogen (secondary N) is 1. The summed E-state index contributed by atoms with van der Waals surface area (Å²) in [5.74, 6) is -1.72. The zero-order valence-corrected chi connectivity index (χ0v) is 20.7. The van der Waals surface area contributed by atoms with E-state index in [0.29, 0.717) is 30.7 Å². The maximum Gasteiger partial charge on any atom is 0.327 e. The van der Waals surface area contributed by atoms with Crippen LogP contribution in [-0.4, -0.2) is 40.7 Å². The van der Waals surface area contributed by atoms with Crippen LogP contribution in [0.4, 0.5) is 5.69 Å². The van der Waals surface area contributed by atoms with Gasteiger partial charge in [0.2, 0.25) is 11.8 Å². The lowest BCUT2D eigenvalue weighted by atomic mass is 9.96. The number of hydrogen-bond acceptors (Lipinski definition) is 4. The largest absolute Gasteiger partial charge is 0.480 e. The first kappa shape index (κ1) is 24.1. The summed E-state index contributed by atoms with van der Waals surface area (Å²) in [5.41, 5.74) is 5.77. The average Bonchev–Trinajstić information content (AvgIpc) is 3.24. The van der Waals surface area contributed by atoms with E-state index in [0.717, 1.165) is 27.8 Å². The van der Waals surface area contributed by atoms with E-state index in [2.05, 4.69) is 30.1 Å². The summed E-state index contributed by atoms with van der Waals surface area (Å²) < 4.78 is 0. The molecule has 2 aliphatic rings. The van der Waals surface area contributed by atoms with Crippen LogP contribution in [0.3, 0.4) is 0 Å². The van der Waals surface area contributed by atoms with E-state index >= 15 is 0 Å². The molecule has 2 amide bonds. The van der Waals surface area contributed by atoms with Crippen LogP contribution in [0.2, 0.25) is 0 Å². The molecule has 0 radical (unpaired) electrons. The van der Waals surface area contributed by atoms with Gasteiger partial charge >= 0.3 is 5.97 Å². The van der Waals surface area contributed by atoms with Gasteiger partial charge in [-0.15, -0.1) is 0 Å². The summed E-state index contributed by atoms with van der Waals surface area (Å²) in [6.07, 6.45) is 1.80. The van der Waals surface area contributed by atoms with Crippen molar-refractivity contribution >= 4 is 36.1 Å². The third-order valence-electron chi connectivity index (χ3n) is 7.14. The van der Waals surface area contributed by atoms with Crippen LogP contribution in [0.5, 0.6) is 0 Å². The van der Waals surface area contributed by atoms with Crippen molar-refractivity contribution in [3.05, 3.63) is 89.5 Å². The van der Waals surface area contributed by atoms with Crippen LogP contribution in [0.1, 0.15) is 23.1 Å². The molecule has 2 heterocycles. The van der Waals surface area contributed by atoms with Crippen molar-refractivity contribution in [3.63, 3.8) is 0 Å². The van der Waals surface area contributed by atoms with Crippen LogP contribution in [-0.2, 0) is 33.6 Å². The van der Waals surface area contributed by atoms with Crippen molar-refractivity contribution in [2.75, 3.05) is 10.7 Å². The highest BCUT2D eigenvalue weighted by Gasteiger charge is 2.44. The van der Waals surface area contributed by atoms with Gasteiger partial charge in [-0.05, 0) is 47.1 Å². The molecule has 3 atom stereocenters. The minimum Gasteiger partial charge on any atom is -0.480 e. The first-order chi connectivity index (χ1) is 17.5. The molecule has 184 valence electrons. The van der Waals surface area contributed by atoms with Crippen molar-refractivity contribution in [2.24, 2.45) is 5.92 Å². The third kappa shape index (κ3) is 4.63. The van der Waals surface area contributed by atoms with Gasteiger partial charge in [0, 0.05) is 12.2 Å². The topological polar surface area (TPSA) is 86.7 Å². The summed E-state index contributed by atoms with van der Waals surface area (Å²) in [6.45, 7) is 0. The summed E-state index contributed by atoms with van der Waals surface area (Å²) in [6, 6.07) is 22.2. The van der Waals surface area contributed by atoms with E-state index in [1.807, 2.05) is 60.7 Å². The molecule has 0 fully saturated rings. The number of carboxylic acids is 1. The number of carbonyl (C=O) groups excluding carboxylic acids is 2. The molecule has 0 bridgehead atoms. The van der Waals surface area contributed by atoms with Crippen LogP contribution in [0, 0.1) is 5.92 Å². The van der Waals surface area contributed by atoms with Gasteiger partial charge in [0.1, 0.15) is 12.1 Å². The van der Waals surface area contributed by atoms with Gasteiger partial charge in [0.05, 0.1) is 11.6 Å². The maximum absolute atomic E-state index is 13.5. The number of benzene rings is 3. The number of aliphatic carboxylic acids is 1. The Kier molecular flexibility index (Phi) is 6.83. The molecule has 36 heavy (non-hydrogen) atoms. The van der Waals surface area contributed by atoms with Gasteiger partial charge in [0.15, 0.2) is 0 Å². The number of rotatable bonds is 7. The predicted octanol–water partition coefficient (Wildman–Crippen LogP) is 3.92. The number of anilines is 1. The third-order valence-corrected chi connectivity index (χ3v) is 7.58. The van der Waals surface area contributed by atoms with Crippen molar-refractivity contribution < 1.29 is 19.5 Å². The number of carboxylic acid groups (broad SMARTS) is 1. The van der Waals surface area contributed by atoms with E-state index in [4.69, 9.17) is 0 Å². The lowest BCUT2D eigenvalue weighted by Gasteiger charge is -2.27. The Hall–Kier alpha value is -3.58. The Morgan fingerprint density at radius 3 is 2.36 bits per heavy atom. The lowest BCUT2D eigenvalue weighted by Crippen LogP contribution is -2.53. The highest BCUT2D eigenvalue weighted by molar-refractivity contribution is 7.80. The highest BCUT2D eigenvalue weighted by Crippen LogP contribution is 2.39. The van der Waals surface area contributed by atoms with Gasteiger partial charge in [-0.2, -0.15) is 12.6 Å². The van der Waals surface area contributed by atoms with E-state index in [1.165, 1.54) is 4.90 Å². The fourth-order valence-electron chi connectivity index (χ4n) is 5.24. The first-order valence-corrected chi connectivity index (χ1v) is 12.8. The fraction of sp³-hybridized carbons (Fsp3) is 0.276. The molecule has 5 rings (SSSR count). The summed E-state index contributed by atoms with van der Waals surface area (Å²) in [7, 11) is 0. The molecule has 1 unspecified atom stereocenters. The van der Waals surface area contributed by atoms with Gasteiger partial charge in [-0.1, -0.05) is 72.8 Å². The normalized spacial score (nSPS) is 19.4. The Bertz CT molecular complexity index is 1290. The van der Waals surface area contributed by atoms with Gasteiger partial charge < -0.3 is 10.4 Å². The van der Waals surface area contributed by atoms with Crippen molar-refractivity contribution in [3.8, 4) is 11.1 Å². The van der Waals surface area contributed by atoms with Gasteiger partial charge in [-0.25, -0.2) is 4.79 Å². The van der Waals surface area contributed by atoms with Gasteiger partial charge in [0.25, 0.3) is 0 Å². The van der Waals surface area contributed by atoms with Crippen molar-refractivity contribution in [2.45, 2.75) is 37.8 Å². The lowest BCUT2D eigenvalue weighted by molar-refractivity contribution is -0.140. The molecule has 0 saturated heterocycles. The number of amides is 2. The number of thiol groups is 1.